The molecule has 7 heteroatoms. The summed E-state index contributed by atoms with van der Waals surface area (Å²) in [5.74, 6) is -0.103. The quantitative estimate of drug-likeness (QED) is 0.506. The molecule has 0 bridgehead atoms. The van der Waals surface area contributed by atoms with Crippen molar-refractivity contribution >= 4 is 36.1 Å². The molecule has 1 heterocycles. The molecule has 4 nitrogen and oxygen atoms in total. The summed E-state index contributed by atoms with van der Waals surface area (Å²) >= 11 is 12.1. The van der Waals surface area contributed by atoms with Crippen LogP contribution in [0.15, 0.2) is 41.0 Å². The lowest BCUT2D eigenvalue weighted by atomic mass is 9.76. The normalized spacial score (nSPS) is 26.2. The third-order valence-corrected chi connectivity index (χ3v) is 8.91. The summed E-state index contributed by atoms with van der Waals surface area (Å²) < 4.78 is 25.7. The van der Waals surface area contributed by atoms with Gasteiger partial charge in [-0.25, -0.2) is 0 Å². The molecular formula is C21H27Cl2O4P. The van der Waals surface area contributed by atoms with Crippen molar-refractivity contribution in [3.63, 3.8) is 0 Å². The zero-order valence-electron chi connectivity index (χ0n) is 16.3. The SMILES string of the molecule is CC(C)C1CCC(C)C(OP(=O)(c2ccco2)C(O)c2ccc(Cl)c(Cl)c2)C1. The second-order valence-corrected chi connectivity index (χ2v) is 11.2. The summed E-state index contributed by atoms with van der Waals surface area (Å²) in [4.78, 5) is 0. The first-order valence-corrected chi connectivity index (χ1v) is 12.1. The maximum atomic E-state index is 14.0. The van der Waals surface area contributed by atoms with Gasteiger partial charge in [0.2, 0.25) is 0 Å². The highest BCUT2D eigenvalue weighted by Gasteiger charge is 2.44. The van der Waals surface area contributed by atoms with Gasteiger partial charge in [-0.3, -0.25) is 4.57 Å². The molecule has 1 aromatic carbocycles. The standard InChI is InChI=1S/C21H27Cl2O4P/c1-13(2)15-7-6-14(3)19(12-15)27-28(25,20-5-4-10-26-20)21(24)16-8-9-17(22)18(23)11-16/h4-5,8-11,13-15,19,21,24H,6-7,12H2,1-3H3. The van der Waals surface area contributed by atoms with Crippen molar-refractivity contribution in [2.24, 2.45) is 17.8 Å². The minimum Gasteiger partial charge on any atom is -0.459 e. The summed E-state index contributed by atoms with van der Waals surface area (Å²) in [5, 5.41) is 11.7. The Labute approximate surface area is 176 Å². The van der Waals surface area contributed by atoms with Gasteiger partial charge in [0.05, 0.1) is 22.4 Å². The Morgan fingerprint density at radius 1 is 1.21 bits per heavy atom. The molecule has 28 heavy (non-hydrogen) atoms. The van der Waals surface area contributed by atoms with Crippen molar-refractivity contribution < 1.29 is 18.6 Å². The number of hydrogen-bond acceptors (Lipinski definition) is 4. The minimum absolute atomic E-state index is 0.157. The second kappa shape index (κ2) is 8.93. The summed E-state index contributed by atoms with van der Waals surface area (Å²) in [6.45, 7) is 6.52. The minimum atomic E-state index is -3.75. The molecule has 1 aliphatic rings. The van der Waals surface area contributed by atoms with Crippen molar-refractivity contribution in [1.29, 1.82) is 0 Å². The van der Waals surface area contributed by atoms with Crippen LogP contribution in [0, 0.1) is 17.8 Å². The van der Waals surface area contributed by atoms with Crippen LogP contribution >= 0.6 is 30.6 Å². The van der Waals surface area contributed by atoms with E-state index in [4.69, 9.17) is 32.1 Å². The fourth-order valence-electron chi connectivity index (χ4n) is 3.81. The average molecular weight is 445 g/mol. The van der Waals surface area contributed by atoms with Crippen LogP contribution in [0.4, 0.5) is 0 Å². The van der Waals surface area contributed by atoms with E-state index in [1.54, 1.807) is 24.3 Å². The topological polar surface area (TPSA) is 59.7 Å². The Kier molecular flexibility index (Phi) is 7.00. The van der Waals surface area contributed by atoms with E-state index in [1.165, 1.54) is 12.3 Å². The Bertz CT molecular complexity index is 837. The summed E-state index contributed by atoms with van der Waals surface area (Å²) in [6.07, 6.45) is 4.19. The van der Waals surface area contributed by atoms with Gasteiger partial charge >= 0.3 is 0 Å². The number of rotatable bonds is 6. The predicted octanol–water partition coefficient (Wildman–Crippen LogP) is 6.66. The first-order valence-electron chi connectivity index (χ1n) is 9.67. The largest absolute Gasteiger partial charge is 0.459 e. The molecule has 1 saturated carbocycles. The van der Waals surface area contributed by atoms with Crippen molar-refractivity contribution in [3.05, 3.63) is 52.2 Å². The van der Waals surface area contributed by atoms with Crippen molar-refractivity contribution in [2.45, 2.75) is 52.0 Å². The maximum absolute atomic E-state index is 14.0. The highest BCUT2D eigenvalue weighted by Crippen LogP contribution is 2.60. The summed E-state index contributed by atoms with van der Waals surface area (Å²) in [6, 6.07) is 7.95. The van der Waals surface area contributed by atoms with E-state index in [0.717, 1.165) is 19.3 Å². The second-order valence-electron chi connectivity index (χ2n) is 8.03. The van der Waals surface area contributed by atoms with Crippen LogP contribution in [0.25, 0.3) is 0 Å². The lowest BCUT2D eigenvalue weighted by Crippen LogP contribution is -2.33. The molecule has 2 aromatic rings. The van der Waals surface area contributed by atoms with Crippen molar-refractivity contribution in [2.75, 3.05) is 0 Å². The van der Waals surface area contributed by atoms with Gasteiger partial charge in [0.15, 0.2) is 11.3 Å². The summed E-state index contributed by atoms with van der Waals surface area (Å²) in [5.41, 5.74) is 0.544. The fraction of sp³-hybridized carbons (Fsp3) is 0.524. The van der Waals surface area contributed by atoms with Crippen LogP contribution in [-0.2, 0) is 9.09 Å². The lowest BCUT2D eigenvalue weighted by molar-refractivity contribution is 0.0557. The van der Waals surface area contributed by atoms with Gasteiger partial charge in [0.25, 0.3) is 7.37 Å². The van der Waals surface area contributed by atoms with Gasteiger partial charge in [0.1, 0.15) is 0 Å². The third-order valence-electron chi connectivity index (χ3n) is 5.77. The molecule has 0 amide bonds. The molecule has 154 valence electrons. The monoisotopic (exact) mass is 444 g/mol. The van der Waals surface area contributed by atoms with Gasteiger partial charge in [-0.15, -0.1) is 0 Å². The molecule has 0 saturated heterocycles. The van der Waals surface area contributed by atoms with E-state index in [2.05, 4.69) is 20.8 Å². The van der Waals surface area contributed by atoms with E-state index in [-0.39, 0.29) is 22.5 Å². The zero-order chi connectivity index (χ0) is 20.5. The molecule has 5 atom stereocenters. The van der Waals surface area contributed by atoms with Gasteiger partial charge in [-0.05, 0) is 66.8 Å². The van der Waals surface area contributed by atoms with Gasteiger partial charge in [-0.2, -0.15) is 0 Å². The van der Waals surface area contributed by atoms with E-state index in [1.807, 2.05) is 0 Å². The smallest absolute Gasteiger partial charge is 0.298 e. The first-order chi connectivity index (χ1) is 13.2. The molecular weight excluding hydrogens is 418 g/mol. The van der Waals surface area contributed by atoms with E-state index >= 15 is 0 Å². The Morgan fingerprint density at radius 3 is 2.57 bits per heavy atom. The number of aliphatic hydroxyl groups is 1. The molecule has 0 aliphatic heterocycles. The van der Waals surface area contributed by atoms with E-state index in [9.17, 15) is 9.67 Å². The zero-order valence-corrected chi connectivity index (χ0v) is 18.8. The maximum Gasteiger partial charge on any atom is 0.298 e. The average Bonchev–Trinajstić information content (AvgIpc) is 3.20. The molecule has 1 aromatic heterocycles. The molecule has 0 radical (unpaired) electrons. The molecule has 1 N–H and O–H groups in total. The molecule has 3 rings (SSSR count). The number of furan rings is 1. The Morgan fingerprint density at radius 2 is 1.96 bits per heavy atom. The number of aliphatic hydroxyl groups excluding tert-OH is 1. The van der Waals surface area contributed by atoms with Crippen molar-refractivity contribution in [3.8, 4) is 0 Å². The molecule has 1 fully saturated rings. The van der Waals surface area contributed by atoms with E-state index < -0.39 is 13.2 Å². The van der Waals surface area contributed by atoms with Gasteiger partial charge < -0.3 is 14.0 Å². The van der Waals surface area contributed by atoms with Crippen LogP contribution < -0.4 is 5.50 Å². The van der Waals surface area contributed by atoms with Gasteiger partial charge in [-0.1, -0.05) is 50.0 Å². The number of benzene rings is 1. The molecule has 5 unspecified atom stereocenters. The van der Waals surface area contributed by atoms with Gasteiger partial charge in [0, 0.05) is 0 Å². The lowest BCUT2D eigenvalue weighted by Gasteiger charge is -2.38. The van der Waals surface area contributed by atoms with Crippen molar-refractivity contribution in [1.82, 2.24) is 0 Å². The molecule has 0 spiro atoms. The fourth-order valence-corrected chi connectivity index (χ4v) is 6.33. The van der Waals surface area contributed by atoms with E-state index in [0.29, 0.717) is 22.4 Å². The number of hydrogen-bond donors (Lipinski definition) is 1. The van der Waals surface area contributed by atoms with Crippen LogP contribution in [0.3, 0.4) is 0 Å². The van der Waals surface area contributed by atoms with Crippen LogP contribution in [0.5, 0.6) is 0 Å². The highest BCUT2D eigenvalue weighted by atomic mass is 35.5. The van der Waals surface area contributed by atoms with Crippen LogP contribution in [-0.4, -0.2) is 11.2 Å². The highest BCUT2D eigenvalue weighted by molar-refractivity contribution is 7.66. The first kappa shape index (κ1) is 21.9. The number of halogens is 2. The summed E-state index contributed by atoms with van der Waals surface area (Å²) in [7, 11) is -3.75. The predicted molar refractivity (Wildman–Crippen MR) is 114 cm³/mol. The Balaban J connectivity index is 1.94. The Hall–Kier alpha value is -0.770. The third kappa shape index (κ3) is 4.52. The van der Waals surface area contributed by atoms with Crippen LogP contribution in [0.1, 0.15) is 51.4 Å². The molecule has 1 aliphatic carbocycles. The van der Waals surface area contributed by atoms with Crippen LogP contribution in [0.2, 0.25) is 10.0 Å².